The Hall–Kier alpha value is -2.19. The van der Waals surface area contributed by atoms with Crippen LogP contribution < -0.4 is 0 Å². The van der Waals surface area contributed by atoms with Crippen molar-refractivity contribution in [2.24, 2.45) is 0 Å². The third-order valence-corrected chi connectivity index (χ3v) is 4.00. The number of nitrogens with zero attached hydrogens (tertiary/aromatic N) is 4. The van der Waals surface area contributed by atoms with E-state index in [-0.39, 0.29) is 0 Å². The Bertz CT molecular complexity index is 896. The van der Waals surface area contributed by atoms with Gasteiger partial charge in [0.05, 0.1) is 12.2 Å². The molecule has 0 fully saturated rings. The minimum atomic E-state index is -4.31. The van der Waals surface area contributed by atoms with Crippen molar-refractivity contribution < 1.29 is 13.2 Å². The van der Waals surface area contributed by atoms with Crippen molar-refractivity contribution in [1.82, 2.24) is 19.1 Å². The van der Waals surface area contributed by atoms with Crippen LogP contribution in [-0.4, -0.2) is 26.1 Å². The van der Waals surface area contributed by atoms with Gasteiger partial charge in [0, 0.05) is 12.7 Å². The molecule has 1 aromatic carbocycles. The molecule has 0 aliphatic heterocycles. The van der Waals surface area contributed by atoms with Crippen LogP contribution in [0.4, 0.5) is 13.2 Å². The van der Waals surface area contributed by atoms with Gasteiger partial charge in [-0.1, -0.05) is 18.2 Å². The molecule has 0 unspecified atom stereocenters. The topological polar surface area (TPSA) is 25.5 Å². The summed E-state index contributed by atoms with van der Waals surface area (Å²) in [6, 6.07) is 10.8. The van der Waals surface area contributed by atoms with E-state index in [1.54, 1.807) is 9.08 Å². The smallest absolute Gasteiger partial charge is 0.283 e. The maximum atomic E-state index is 12.6. The Morgan fingerprint density at radius 1 is 1.12 bits per heavy atom. The number of halogens is 3. The van der Waals surface area contributed by atoms with Crippen molar-refractivity contribution in [2.75, 3.05) is 7.05 Å². The summed E-state index contributed by atoms with van der Waals surface area (Å²) in [5.41, 5.74) is 0.905. The zero-order chi connectivity index (χ0) is 17.3. The largest absolute Gasteiger partial charge is 0.416 e. The van der Waals surface area contributed by atoms with E-state index in [1.165, 1.54) is 12.1 Å². The third kappa shape index (κ3) is 3.49. The molecular formula is C16H15F3N4S. The van der Waals surface area contributed by atoms with E-state index >= 15 is 0 Å². The average Bonchev–Trinajstić information content (AvgIpc) is 2.83. The van der Waals surface area contributed by atoms with Gasteiger partial charge in [0.1, 0.15) is 0 Å². The first-order valence-corrected chi connectivity index (χ1v) is 7.64. The SMILES string of the molecule is CN(Cc1ccc(C(F)(F)F)cc1)Cn1nc2ccccn2c1=S. The second-order valence-corrected chi connectivity index (χ2v) is 5.93. The van der Waals surface area contributed by atoms with Gasteiger partial charge < -0.3 is 0 Å². The Morgan fingerprint density at radius 2 is 1.83 bits per heavy atom. The molecule has 0 aliphatic rings. The molecule has 0 N–H and O–H groups in total. The molecule has 0 radical (unpaired) electrons. The van der Waals surface area contributed by atoms with Gasteiger partial charge in [-0.25, -0.2) is 4.68 Å². The van der Waals surface area contributed by atoms with E-state index in [4.69, 9.17) is 12.2 Å². The Labute approximate surface area is 141 Å². The van der Waals surface area contributed by atoms with Crippen LogP contribution >= 0.6 is 12.2 Å². The minimum Gasteiger partial charge on any atom is -0.283 e. The summed E-state index contributed by atoms with van der Waals surface area (Å²) in [6.07, 6.45) is -2.47. The summed E-state index contributed by atoms with van der Waals surface area (Å²) in [4.78, 5) is 1.94. The summed E-state index contributed by atoms with van der Waals surface area (Å²) >= 11 is 5.38. The lowest BCUT2D eigenvalue weighted by Crippen LogP contribution is -2.22. The van der Waals surface area contributed by atoms with E-state index in [0.717, 1.165) is 23.3 Å². The molecule has 0 amide bonds. The first kappa shape index (κ1) is 16.7. The number of pyridine rings is 1. The third-order valence-electron chi connectivity index (χ3n) is 3.60. The summed E-state index contributed by atoms with van der Waals surface area (Å²) in [6.45, 7) is 0.940. The van der Waals surface area contributed by atoms with E-state index < -0.39 is 11.7 Å². The van der Waals surface area contributed by atoms with E-state index in [9.17, 15) is 13.2 Å². The summed E-state index contributed by atoms with van der Waals surface area (Å²) in [5, 5.41) is 4.43. The fraction of sp³-hybridized carbons (Fsp3) is 0.250. The van der Waals surface area contributed by atoms with Crippen molar-refractivity contribution in [3.8, 4) is 0 Å². The van der Waals surface area contributed by atoms with Gasteiger partial charge in [0.2, 0.25) is 4.77 Å². The second kappa shape index (κ2) is 6.37. The maximum absolute atomic E-state index is 12.6. The lowest BCUT2D eigenvalue weighted by molar-refractivity contribution is -0.137. The molecule has 0 bridgehead atoms. The van der Waals surface area contributed by atoms with Crippen LogP contribution in [0.3, 0.4) is 0 Å². The number of rotatable bonds is 4. The fourth-order valence-electron chi connectivity index (χ4n) is 2.45. The van der Waals surface area contributed by atoms with Crippen molar-refractivity contribution in [3.63, 3.8) is 0 Å². The van der Waals surface area contributed by atoms with Crippen molar-refractivity contribution in [3.05, 3.63) is 64.6 Å². The zero-order valence-electron chi connectivity index (χ0n) is 12.9. The predicted octanol–water partition coefficient (Wildman–Crippen LogP) is 3.97. The average molecular weight is 352 g/mol. The van der Waals surface area contributed by atoms with Crippen LogP contribution in [-0.2, 0) is 19.4 Å². The first-order chi connectivity index (χ1) is 11.3. The van der Waals surface area contributed by atoms with Crippen LogP contribution in [0.5, 0.6) is 0 Å². The molecule has 0 saturated carbocycles. The highest BCUT2D eigenvalue weighted by Gasteiger charge is 2.29. The number of alkyl halides is 3. The van der Waals surface area contributed by atoms with Gasteiger partial charge in [-0.3, -0.25) is 9.30 Å². The highest BCUT2D eigenvalue weighted by atomic mass is 32.1. The van der Waals surface area contributed by atoms with Gasteiger partial charge in [-0.05, 0) is 49.1 Å². The molecule has 24 heavy (non-hydrogen) atoms. The van der Waals surface area contributed by atoms with E-state index in [2.05, 4.69) is 5.10 Å². The lowest BCUT2D eigenvalue weighted by atomic mass is 10.1. The monoisotopic (exact) mass is 352 g/mol. The number of fused-ring (bicyclic) bond motifs is 1. The van der Waals surface area contributed by atoms with E-state index in [1.807, 2.05) is 36.3 Å². The highest BCUT2D eigenvalue weighted by molar-refractivity contribution is 7.71. The van der Waals surface area contributed by atoms with Crippen molar-refractivity contribution in [2.45, 2.75) is 19.4 Å². The maximum Gasteiger partial charge on any atom is 0.416 e. The molecule has 0 aliphatic carbocycles. The number of hydrogen-bond acceptors (Lipinski definition) is 3. The Kier molecular flexibility index (Phi) is 4.42. The van der Waals surface area contributed by atoms with Crippen molar-refractivity contribution >= 4 is 17.9 Å². The quantitative estimate of drug-likeness (QED) is 0.665. The predicted molar refractivity (Wildman–Crippen MR) is 86.9 cm³/mol. The Balaban J connectivity index is 1.72. The van der Waals surface area contributed by atoms with Gasteiger partial charge in [0.15, 0.2) is 5.65 Å². The summed E-state index contributed by atoms with van der Waals surface area (Å²) < 4.78 is 41.8. The molecule has 2 aromatic heterocycles. The normalized spacial score (nSPS) is 12.2. The molecule has 8 heteroatoms. The van der Waals surface area contributed by atoms with Crippen LogP contribution in [0, 0.1) is 4.77 Å². The van der Waals surface area contributed by atoms with Crippen LogP contribution in [0.1, 0.15) is 11.1 Å². The molecule has 3 rings (SSSR count). The molecule has 4 nitrogen and oxygen atoms in total. The van der Waals surface area contributed by atoms with Gasteiger partial charge in [-0.15, -0.1) is 0 Å². The highest BCUT2D eigenvalue weighted by Crippen LogP contribution is 2.29. The van der Waals surface area contributed by atoms with Gasteiger partial charge >= 0.3 is 6.18 Å². The number of hydrogen-bond donors (Lipinski definition) is 0. The van der Waals surface area contributed by atoms with Crippen molar-refractivity contribution in [1.29, 1.82) is 0 Å². The molecule has 0 spiro atoms. The zero-order valence-corrected chi connectivity index (χ0v) is 13.7. The molecule has 2 heterocycles. The van der Waals surface area contributed by atoms with Gasteiger partial charge in [-0.2, -0.15) is 18.3 Å². The second-order valence-electron chi connectivity index (χ2n) is 5.56. The molecule has 126 valence electrons. The summed E-state index contributed by atoms with van der Waals surface area (Å²) in [7, 11) is 1.86. The summed E-state index contributed by atoms with van der Waals surface area (Å²) in [5.74, 6) is 0. The number of benzene rings is 1. The molecule has 0 saturated heterocycles. The van der Waals surface area contributed by atoms with E-state index in [0.29, 0.717) is 18.0 Å². The number of aromatic nitrogens is 3. The Morgan fingerprint density at radius 3 is 2.46 bits per heavy atom. The van der Waals surface area contributed by atoms with Crippen LogP contribution in [0.15, 0.2) is 48.7 Å². The first-order valence-electron chi connectivity index (χ1n) is 7.23. The molecular weight excluding hydrogens is 337 g/mol. The lowest BCUT2D eigenvalue weighted by Gasteiger charge is -2.16. The van der Waals surface area contributed by atoms with Crippen LogP contribution in [0.25, 0.3) is 5.65 Å². The molecule has 0 atom stereocenters. The standard InChI is InChI=1S/C16H15F3N4S/c1-21(10-12-5-7-13(8-6-12)16(17,18)19)11-23-15(24)22-9-3-2-4-14(22)20-23/h2-9H,10-11H2,1H3. The van der Waals surface area contributed by atoms with Gasteiger partial charge in [0.25, 0.3) is 0 Å². The minimum absolute atomic E-state index is 0.446. The van der Waals surface area contributed by atoms with Crippen LogP contribution in [0.2, 0.25) is 0 Å². The fourth-order valence-corrected chi connectivity index (χ4v) is 2.70. The molecule has 3 aromatic rings.